The average molecular weight is 627 g/mol. The number of rotatable bonds is 13. The first kappa shape index (κ1) is 32.5. The van der Waals surface area contributed by atoms with Crippen molar-refractivity contribution >= 4 is 27.6 Å². The molecule has 0 bridgehead atoms. The van der Waals surface area contributed by atoms with Crippen molar-refractivity contribution in [2.45, 2.75) is 23.5 Å². The van der Waals surface area contributed by atoms with Crippen LogP contribution >= 0.6 is 0 Å². The minimum atomic E-state index is -3.96. The maximum atomic E-state index is 13.3. The van der Waals surface area contributed by atoms with Crippen LogP contribution in [0.15, 0.2) is 89.5 Å². The van der Waals surface area contributed by atoms with Crippen LogP contribution in [0.1, 0.15) is 28.3 Å². The normalized spacial score (nSPS) is 16.5. The Kier molecular flexibility index (Phi) is 11.0. The van der Waals surface area contributed by atoms with Crippen LogP contribution in [0.3, 0.4) is 0 Å². The Hall–Kier alpha value is -4.43. The first-order valence-electron chi connectivity index (χ1n) is 13.7. The number of methoxy groups -OCH3 is 2. The van der Waals surface area contributed by atoms with E-state index in [1.54, 1.807) is 42.5 Å². The number of nitrogens with one attached hydrogen (secondary N) is 1. The summed E-state index contributed by atoms with van der Waals surface area (Å²) in [4.78, 5) is 25.1. The molecule has 2 atom stereocenters. The van der Waals surface area contributed by atoms with E-state index in [4.69, 9.17) is 18.9 Å². The highest BCUT2D eigenvalue weighted by Gasteiger charge is 2.30. The van der Waals surface area contributed by atoms with E-state index in [2.05, 4.69) is 5.32 Å². The molecule has 4 rings (SSSR count). The van der Waals surface area contributed by atoms with Crippen molar-refractivity contribution in [1.82, 2.24) is 4.31 Å². The molecular formula is C31H34N2O10S. The van der Waals surface area contributed by atoms with E-state index >= 15 is 0 Å². The lowest BCUT2D eigenvalue weighted by Crippen LogP contribution is -2.37. The second-order valence-electron chi connectivity index (χ2n) is 9.68. The molecular weight excluding hydrogens is 592 g/mol. The molecule has 44 heavy (non-hydrogen) atoms. The Bertz CT molecular complexity index is 1570. The number of carbonyl (C=O) groups is 2. The van der Waals surface area contributed by atoms with Gasteiger partial charge in [-0.2, -0.15) is 4.31 Å². The molecule has 3 aromatic rings. The van der Waals surface area contributed by atoms with Crippen LogP contribution in [0.25, 0.3) is 0 Å². The van der Waals surface area contributed by atoms with Gasteiger partial charge >= 0.3 is 5.97 Å². The molecule has 1 amide bonds. The Morgan fingerprint density at radius 2 is 1.70 bits per heavy atom. The number of allylic oxidation sites excluding steroid dienone is 1. The number of aliphatic hydroxyl groups excluding tert-OH is 1. The molecule has 234 valence electrons. The molecule has 0 radical (unpaired) electrons. The first-order chi connectivity index (χ1) is 21.2. The lowest BCUT2D eigenvalue weighted by Gasteiger charge is -2.30. The Balaban J connectivity index is 1.51. The van der Waals surface area contributed by atoms with Gasteiger partial charge in [-0.1, -0.05) is 24.3 Å². The summed E-state index contributed by atoms with van der Waals surface area (Å²) in [5.74, 6) is -1.17. The van der Waals surface area contributed by atoms with Gasteiger partial charge in [-0.25, -0.2) is 13.2 Å². The molecule has 2 unspecified atom stereocenters. The fraction of sp³-hybridized carbons (Fsp3) is 0.290. The van der Waals surface area contributed by atoms with Crippen molar-refractivity contribution in [1.29, 1.82) is 0 Å². The van der Waals surface area contributed by atoms with Gasteiger partial charge in [-0.05, 0) is 60.2 Å². The smallest absolute Gasteiger partial charge is 0.337 e. The number of aliphatic hydroxyl groups is 1. The molecule has 1 aliphatic heterocycles. The minimum absolute atomic E-state index is 0.0298. The molecule has 3 aromatic carbocycles. The fourth-order valence-corrected chi connectivity index (χ4v) is 5.96. The number of amides is 1. The molecule has 3 N–H and O–H groups in total. The lowest BCUT2D eigenvalue weighted by molar-refractivity contribution is -0.143. The number of phenolic OH excluding ortho intramolecular Hbond substituents is 1. The molecule has 0 aromatic heterocycles. The van der Waals surface area contributed by atoms with Crippen LogP contribution in [0.4, 0.5) is 5.69 Å². The van der Waals surface area contributed by atoms with E-state index in [1.165, 1.54) is 50.6 Å². The maximum Gasteiger partial charge on any atom is 0.337 e. The predicted octanol–water partition coefficient (Wildman–Crippen LogP) is 3.24. The summed E-state index contributed by atoms with van der Waals surface area (Å²) in [6, 6.07) is 18.8. The molecule has 0 spiro atoms. The van der Waals surface area contributed by atoms with Gasteiger partial charge in [0.1, 0.15) is 11.5 Å². The van der Waals surface area contributed by atoms with E-state index in [0.29, 0.717) is 11.3 Å². The van der Waals surface area contributed by atoms with Gasteiger partial charge < -0.3 is 34.5 Å². The van der Waals surface area contributed by atoms with Crippen molar-refractivity contribution in [3.8, 4) is 11.5 Å². The third kappa shape index (κ3) is 7.94. The zero-order chi connectivity index (χ0) is 31.7. The second kappa shape index (κ2) is 14.8. The van der Waals surface area contributed by atoms with Crippen molar-refractivity contribution in [2.75, 3.05) is 45.8 Å². The summed E-state index contributed by atoms with van der Waals surface area (Å²) in [6.45, 7) is -0.774. The predicted molar refractivity (Wildman–Crippen MR) is 160 cm³/mol. The van der Waals surface area contributed by atoms with E-state index in [0.717, 1.165) is 9.87 Å². The molecule has 1 aliphatic rings. The van der Waals surface area contributed by atoms with Crippen LogP contribution < -0.4 is 10.1 Å². The zero-order valence-electron chi connectivity index (χ0n) is 24.2. The zero-order valence-corrected chi connectivity index (χ0v) is 25.0. The summed E-state index contributed by atoms with van der Waals surface area (Å²) >= 11 is 0. The minimum Gasteiger partial charge on any atom is -0.506 e. The van der Waals surface area contributed by atoms with Crippen molar-refractivity contribution in [3.05, 3.63) is 95.8 Å². The molecule has 0 aliphatic carbocycles. The molecule has 13 heteroatoms. The number of aromatic hydroxyl groups is 1. The number of ether oxygens (including phenoxy) is 4. The number of carbonyl (C=O) groups excluding carboxylic acids is 2. The first-order valence-corrected chi connectivity index (χ1v) is 15.1. The van der Waals surface area contributed by atoms with Gasteiger partial charge in [-0.15, -0.1) is 0 Å². The van der Waals surface area contributed by atoms with Crippen LogP contribution in [0.5, 0.6) is 11.5 Å². The number of hydrogen-bond acceptors (Lipinski definition) is 10. The summed E-state index contributed by atoms with van der Waals surface area (Å²) in [6.07, 6.45) is 0.945. The van der Waals surface area contributed by atoms with Gasteiger partial charge in [0.25, 0.3) is 5.91 Å². The quantitative estimate of drug-likeness (QED) is 0.190. The van der Waals surface area contributed by atoms with E-state index < -0.39 is 34.8 Å². The Morgan fingerprint density at radius 3 is 2.34 bits per heavy atom. The molecule has 0 saturated heterocycles. The number of anilines is 1. The molecule has 1 heterocycles. The second-order valence-corrected chi connectivity index (χ2v) is 11.6. The van der Waals surface area contributed by atoms with E-state index in [9.17, 15) is 28.2 Å². The number of phenols is 1. The Labute approximate surface area is 255 Å². The number of sulfonamides is 1. The highest BCUT2D eigenvalue weighted by atomic mass is 32.2. The third-order valence-electron chi connectivity index (χ3n) is 6.88. The number of benzene rings is 3. The topological polar surface area (TPSA) is 161 Å². The monoisotopic (exact) mass is 626 g/mol. The number of para-hydroxylation sites is 2. The SMILES string of the molecule is COC(=O)c1ccc(C2C=C(C(=O)Nc3ccccc3O)OC(OCCN(CCO)S(=O)(=O)c3ccc(OC)cc3)C2)cc1. The van der Waals surface area contributed by atoms with E-state index in [1.807, 2.05) is 0 Å². The molecule has 0 fully saturated rings. The molecule has 0 saturated carbocycles. The summed E-state index contributed by atoms with van der Waals surface area (Å²) in [7, 11) is -1.19. The standard InChI is InChI=1S/C31H34N2O10S/c1-40-24-11-13-25(14-12-24)44(38,39)33(15-17-34)16-18-42-29-20-23(21-7-9-22(10-8-21)31(37)41-2)19-28(43-29)30(36)32-26-5-3-4-6-27(26)35/h3-14,19,23,29,34-35H,15-18,20H2,1-2H3,(H,32,36). The van der Waals surface area contributed by atoms with Crippen LogP contribution in [-0.2, 0) is 29.0 Å². The average Bonchev–Trinajstić information content (AvgIpc) is 3.05. The summed E-state index contributed by atoms with van der Waals surface area (Å²) in [5, 5.41) is 22.3. The van der Waals surface area contributed by atoms with Crippen LogP contribution in [0, 0.1) is 0 Å². The van der Waals surface area contributed by atoms with Crippen molar-refractivity contribution in [3.63, 3.8) is 0 Å². The summed E-state index contributed by atoms with van der Waals surface area (Å²) in [5.41, 5.74) is 1.32. The van der Waals surface area contributed by atoms with Crippen LogP contribution in [-0.4, -0.2) is 81.6 Å². The largest absolute Gasteiger partial charge is 0.506 e. The van der Waals surface area contributed by atoms with Gasteiger partial charge in [0.05, 0.1) is 43.6 Å². The lowest BCUT2D eigenvalue weighted by atomic mass is 9.92. The number of nitrogens with zero attached hydrogens (tertiary/aromatic N) is 1. The van der Waals surface area contributed by atoms with Crippen molar-refractivity contribution in [2.24, 2.45) is 0 Å². The van der Waals surface area contributed by atoms with E-state index in [-0.39, 0.29) is 54.1 Å². The fourth-order valence-electron chi connectivity index (χ4n) is 4.54. The number of hydrogen-bond donors (Lipinski definition) is 3. The van der Waals surface area contributed by atoms with Crippen LogP contribution in [0.2, 0.25) is 0 Å². The van der Waals surface area contributed by atoms with Crippen molar-refractivity contribution < 1.29 is 47.2 Å². The van der Waals surface area contributed by atoms with Gasteiger partial charge in [0, 0.05) is 25.4 Å². The molecule has 12 nitrogen and oxygen atoms in total. The highest BCUT2D eigenvalue weighted by Crippen LogP contribution is 2.33. The number of esters is 1. The highest BCUT2D eigenvalue weighted by molar-refractivity contribution is 7.89. The maximum absolute atomic E-state index is 13.3. The van der Waals surface area contributed by atoms with Gasteiger partial charge in [0.2, 0.25) is 16.3 Å². The summed E-state index contributed by atoms with van der Waals surface area (Å²) < 4.78 is 49.3. The van der Waals surface area contributed by atoms with Gasteiger partial charge in [0.15, 0.2) is 5.76 Å². The van der Waals surface area contributed by atoms with Gasteiger partial charge in [-0.3, -0.25) is 4.79 Å². The Morgan fingerprint density at radius 1 is 1.00 bits per heavy atom. The third-order valence-corrected chi connectivity index (χ3v) is 8.80.